The van der Waals surface area contributed by atoms with Crippen LogP contribution in [0.1, 0.15) is 44.6 Å². The van der Waals surface area contributed by atoms with Crippen LogP contribution in [0.4, 0.5) is 11.4 Å². The van der Waals surface area contributed by atoms with E-state index < -0.39 is 5.97 Å². The summed E-state index contributed by atoms with van der Waals surface area (Å²) in [5.41, 5.74) is 5.00. The summed E-state index contributed by atoms with van der Waals surface area (Å²) in [4.78, 5) is 26.3. The van der Waals surface area contributed by atoms with E-state index in [1.54, 1.807) is 30.3 Å². The van der Waals surface area contributed by atoms with Crippen molar-refractivity contribution in [1.82, 2.24) is 9.78 Å². The maximum absolute atomic E-state index is 12.8. The lowest BCUT2D eigenvalue weighted by atomic mass is 10.1. The molecule has 0 aliphatic carbocycles. The van der Waals surface area contributed by atoms with Crippen LogP contribution in [0.3, 0.4) is 0 Å². The van der Waals surface area contributed by atoms with Crippen molar-refractivity contribution in [3.8, 4) is 0 Å². The average Bonchev–Trinajstić information content (AvgIpc) is 3.04. The van der Waals surface area contributed by atoms with Gasteiger partial charge in [0.05, 0.1) is 22.6 Å². The third-order valence-corrected chi connectivity index (χ3v) is 5.75. The summed E-state index contributed by atoms with van der Waals surface area (Å²) in [6, 6.07) is 11.3. The predicted molar refractivity (Wildman–Crippen MR) is 127 cm³/mol. The molecule has 0 bridgehead atoms. The number of aromatic carboxylic acids is 1. The number of carbonyl (C=O) groups is 2. The molecule has 3 aromatic rings. The number of aryl methyl sites for hydroxylation is 2. The van der Waals surface area contributed by atoms with E-state index in [1.165, 1.54) is 17.7 Å². The number of benzene rings is 2. The lowest BCUT2D eigenvalue weighted by molar-refractivity contribution is 0.0696. The van der Waals surface area contributed by atoms with E-state index >= 15 is 0 Å². The van der Waals surface area contributed by atoms with Gasteiger partial charge in [0.2, 0.25) is 0 Å². The SMILES string of the molecule is CCn1nc(C)c(CCN(C)c2ccc(C(=O)O)cc2NC(=O)c2cccc(Cl)c2)c1C. The van der Waals surface area contributed by atoms with Gasteiger partial charge in [-0.15, -0.1) is 0 Å². The Labute approximate surface area is 192 Å². The molecule has 0 fully saturated rings. The van der Waals surface area contributed by atoms with Gasteiger partial charge in [0, 0.05) is 36.4 Å². The molecule has 1 aromatic heterocycles. The second kappa shape index (κ2) is 9.87. The fourth-order valence-corrected chi connectivity index (χ4v) is 3.92. The average molecular weight is 455 g/mol. The van der Waals surface area contributed by atoms with Gasteiger partial charge in [0.15, 0.2) is 0 Å². The molecule has 0 unspecified atom stereocenters. The molecule has 1 amide bonds. The first-order chi connectivity index (χ1) is 15.2. The van der Waals surface area contributed by atoms with Crippen molar-refractivity contribution in [2.45, 2.75) is 33.7 Å². The largest absolute Gasteiger partial charge is 0.478 e. The fraction of sp³-hybridized carbons (Fsp3) is 0.292. The number of carbonyl (C=O) groups excluding carboxylic acids is 1. The molecule has 3 rings (SSSR count). The third-order valence-electron chi connectivity index (χ3n) is 5.52. The zero-order valence-corrected chi connectivity index (χ0v) is 19.4. The number of aromatic nitrogens is 2. The van der Waals surface area contributed by atoms with Crippen LogP contribution in [0.15, 0.2) is 42.5 Å². The van der Waals surface area contributed by atoms with Crippen molar-refractivity contribution in [2.75, 3.05) is 23.8 Å². The van der Waals surface area contributed by atoms with Crippen LogP contribution in [0.2, 0.25) is 5.02 Å². The molecule has 2 aromatic carbocycles. The Morgan fingerprint density at radius 2 is 1.91 bits per heavy atom. The van der Waals surface area contributed by atoms with Gasteiger partial charge in [-0.3, -0.25) is 9.48 Å². The maximum Gasteiger partial charge on any atom is 0.335 e. The molecule has 0 atom stereocenters. The smallest absolute Gasteiger partial charge is 0.335 e. The van der Waals surface area contributed by atoms with Crippen LogP contribution < -0.4 is 10.2 Å². The summed E-state index contributed by atoms with van der Waals surface area (Å²) in [6.45, 7) is 7.63. The van der Waals surface area contributed by atoms with Gasteiger partial charge in [-0.05, 0) is 69.2 Å². The molecular formula is C24H27ClN4O3. The standard InChI is InChI=1S/C24H27ClN4O3/c1-5-29-16(3)20(15(2)27-29)11-12-28(4)22-10-9-18(24(31)32)14-21(22)26-23(30)17-7-6-8-19(25)13-17/h6-10,13-14H,5,11-12H2,1-4H3,(H,26,30)(H,31,32). The molecule has 2 N–H and O–H groups in total. The van der Waals surface area contributed by atoms with Crippen molar-refractivity contribution in [1.29, 1.82) is 0 Å². The highest BCUT2D eigenvalue weighted by atomic mass is 35.5. The highest BCUT2D eigenvalue weighted by Gasteiger charge is 2.17. The van der Waals surface area contributed by atoms with E-state index in [1.807, 2.05) is 23.6 Å². The normalized spacial score (nSPS) is 10.8. The molecule has 0 saturated carbocycles. The molecule has 0 radical (unpaired) electrons. The summed E-state index contributed by atoms with van der Waals surface area (Å²) >= 11 is 6.00. The maximum atomic E-state index is 12.8. The van der Waals surface area contributed by atoms with E-state index in [4.69, 9.17) is 11.6 Å². The summed E-state index contributed by atoms with van der Waals surface area (Å²) in [5, 5.41) is 17.3. The van der Waals surface area contributed by atoms with Gasteiger partial charge in [-0.25, -0.2) is 4.79 Å². The third kappa shape index (κ3) is 5.11. The van der Waals surface area contributed by atoms with Gasteiger partial charge < -0.3 is 15.3 Å². The summed E-state index contributed by atoms with van der Waals surface area (Å²) in [6.07, 6.45) is 0.774. The van der Waals surface area contributed by atoms with E-state index in [2.05, 4.69) is 24.3 Å². The Morgan fingerprint density at radius 3 is 2.53 bits per heavy atom. The second-order valence-corrected chi connectivity index (χ2v) is 8.07. The van der Waals surface area contributed by atoms with Crippen LogP contribution in [0, 0.1) is 13.8 Å². The Hall–Kier alpha value is -3.32. The minimum Gasteiger partial charge on any atom is -0.478 e. The van der Waals surface area contributed by atoms with Crippen molar-refractivity contribution < 1.29 is 14.7 Å². The van der Waals surface area contributed by atoms with Crippen molar-refractivity contribution >= 4 is 34.9 Å². The van der Waals surface area contributed by atoms with Gasteiger partial charge >= 0.3 is 5.97 Å². The lowest BCUT2D eigenvalue weighted by Crippen LogP contribution is -2.23. The molecule has 8 heteroatoms. The number of hydrogen-bond acceptors (Lipinski definition) is 4. The zero-order chi connectivity index (χ0) is 23.4. The van der Waals surface area contributed by atoms with Gasteiger partial charge in [0.25, 0.3) is 5.91 Å². The van der Waals surface area contributed by atoms with Crippen molar-refractivity contribution in [2.24, 2.45) is 0 Å². The number of carboxylic acids is 1. The number of likely N-dealkylation sites (N-methyl/N-ethyl adjacent to an activating group) is 1. The summed E-state index contributed by atoms with van der Waals surface area (Å²) < 4.78 is 1.99. The predicted octanol–water partition coefficient (Wildman–Crippen LogP) is 4.80. The minimum atomic E-state index is -1.06. The second-order valence-electron chi connectivity index (χ2n) is 7.64. The quantitative estimate of drug-likeness (QED) is 0.510. The lowest BCUT2D eigenvalue weighted by Gasteiger charge is -2.23. The first kappa shape index (κ1) is 23.3. The number of rotatable bonds is 8. The monoisotopic (exact) mass is 454 g/mol. The molecular weight excluding hydrogens is 428 g/mol. The molecule has 0 aliphatic rings. The number of hydrogen-bond donors (Lipinski definition) is 2. The summed E-state index contributed by atoms with van der Waals surface area (Å²) in [5.74, 6) is -1.42. The first-order valence-electron chi connectivity index (χ1n) is 10.4. The number of amides is 1. The van der Waals surface area contributed by atoms with Gasteiger partial charge in [-0.2, -0.15) is 5.10 Å². The highest BCUT2D eigenvalue weighted by molar-refractivity contribution is 6.31. The fourth-order valence-electron chi connectivity index (χ4n) is 3.73. The van der Waals surface area contributed by atoms with Crippen LogP contribution in [0.5, 0.6) is 0 Å². The van der Waals surface area contributed by atoms with Crippen molar-refractivity contribution in [3.05, 3.63) is 75.6 Å². The Kier molecular flexibility index (Phi) is 7.20. The van der Waals surface area contributed by atoms with E-state index in [0.717, 1.165) is 30.0 Å². The van der Waals surface area contributed by atoms with Gasteiger partial charge in [-0.1, -0.05) is 17.7 Å². The van der Waals surface area contributed by atoms with E-state index in [0.29, 0.717) is 22.8 Å². The van der Waals surface area contributed by atoms with Crippen LogP contribution in [0.25, 0.3) is 0 Å². The van der Waals surface area contributed by atoms with Crippen LogP contribution in [-0.4, -0.2) is 40.4 Å². The minimum absolute atomic E-state index is 0.0967. The Balaban J connectivity index is 1.86. The number of anilines is 2. The van der Waals surface area contributed by atoms with Crippen LogP contribution >= 0.6 is 11.6 Å². The Morgan fingerprint density at radius 1 is 1.16 bits per heavy atom. The van der Waals surface area contributed by atoms with Crippen molar-refractivity contribution in [3.63, 3.8) is 0 Å². The number of nitrogens with one attached hydrogen (secondary N) is 1. The molecule has 1 heterocycles. The number of halogens is 1. The Bertz CT molecular complexity index is 1160. The molecule has 0 saturated heterocycles. The molecule has 0 aliphatic heterocycles. The molecule has 32 heavy (non-hydrogen) atoms. The van der Waals surface area contributed by atoms with Gasteiger partial charge in [0.1, 0.15) is 0 Å². The zero-order valence-electron chi connectivity index (χ0n) is 18.6. The number of nitrogens with zero attached hydrogens (tertiary/aromatic N) is 3. The molecule has 0 spiro atoms. The highest BCUT2D eigenvalue weighted by Crippen LogP contribution is 2.28. The van der Waals surface area contributed by atoms with E-state index in [9.17, 15) is 14.7 Å². The van der Waals surface area contributed by atoms with Crippen LogP contribution in [-0.2, 0) is 13.0 Å². The first-order valence-corrected chi connectivity index (χ1v) is 10.8. The number of carboxylic acid groups (broad SMARTS) is 1. The molecule has 7 nitrogen and oxygen atoms in total. The van der Waals surface area contributed by atoms with E-state index in [-0.39, 0.29) is 11.5 Å². The summed E-state index contributed by atoms with van der Waals surface area (Å²) in [7, 11) is 1.92. The molecule has 168 valence electrons. The topological polar surface area (TPSA) is 87.5 Å².